The predicted octanol–water partition coefficient (Wildman–Crippen LogP) is 2.44. The number of carbonyl (C=O) groups excluding carboxylic acids is 1. The maximum Gasteiger partial charge on any atom is 0.273 e. The first-order valence-electron chi connectivity index (χ1n) is 4.46. The van der Waals surface area contributed by atoms with Crippen molar-refractivity contribution in [2.75, 3.05) is 7.11 Å². The number of hydrogen-bond donors (Lipinski definition) is 0. The van der Waals surface area contributed by atoms with E-state index in [1.807, 2.05) is 13.8 Å². The number of aldehydes is 1. The number of benzene rings is 1. The van der Waals surface area contributed by atoms with Crippen LogP contribution in [-0.4, -0.2) is 18.3 Å². The second-order valence-corrected chi connectivity index (χ2v) is 2.30. The number of nitro groups is 1. The van der Waals surface area contributed by atoms with E-state index < -0.39 is 4.92 Å². The summed E-state index contributed by atoms with van der Waals surface area (Å²) in [4.78, 5) is 20.2. The lowest BCUT2D eigenvalue weighted by atomic mass is 10.2. The third-order valence-electron chi connectivity index (χ3n) is 1.55. The zero-order chi connectivity index (χ0) is 11.8. The molecule has 0 fully saturated rings. The molecule has 0 aliphatic carbocycles. The maximum atomic E-state index is 10.4. The number of carbonyl (C=O) groups is 1. The Labute approximate surface area is 87.8 Å². The van der Waals surface area contributed by atoms with Gasteiger partial charge < -0.3 is 4.74 Å². The SMILES string of the molecule is CC.COc1cc([N+](=O)[O-])ccc1C=O. The van der Waals surface area contributed by atoms with E-state index in [9.17, 15) is 14.9 Å². The van der Waals surface area contributed by atoms with Crippen molar-refractivity contribution in [2.45, 2.75) is 13.8 Å². The zero-order valence-electron chi connectivity index (χ0n) is 8.89. The second kappa shape index (κ2) is 6.53. The molecule has 1 aromatic rings. The quantitative estimate of drug-likeness (QED) is 0.437. The average Bonchev–Trinajstić information content (AvgIpc) is 2.30. The van der Waals surface area contributed by atoms with Crippen molar-refractivity contribution in [3.8, 4) is 5.75 Å². The van der Waals surface area contributed by atoms with Crippen LogP contribution >= 0.6 is 0 Å². The van der Waals surface area contributed by atoms with Crippen molar-refractivity contribution in [1.82, 2.24) is 0 Å². The van der Waals surface area contributed by atoms with E-state index in [-0.39, 0.29) is 11.4 Å². The van der Waals surface area contributed by atoms with Gasteiger partial charge in [-0.3, -0.25) is 14.9 Å². The number of ether oxygens (including phenoxy) is 1. The van der Waals surface area contributed by atoms with E-state index in [0.717, 1.165) is 0 Å². The molecule has 15 heavy (non-hydrogen) atoms. The fourth-order valence-corrected chi connectivity index (χ4v) is 0.911. The molecule has 0 heterocycles. The van der Waals surface area contributed by atoms with E-state index in [0.29, 0.717) is 11.8 Å². The molecule has 5 heteroatoms. The van der Waals surface area contributed by atoms with Gasteiger partial charge in [0.05, 0.1) is 23.7 Å². The van der Waals surface area contributed by atoms with Gasteiger partial charge >= 0.3 is 0 Å². The van der Waals surface area contributed by atoms with Crippen molar-refractivity contribution >= 4 is 12.0 Å². The van der Waals surface area contributed by atoms with Crippen LogP contribution in [-0.2, 0) is 0 Å². The van der Waals surface area contributed by atoms with E-state index in [4.69, 9.17) is 4.74 Å². The van der Waals surface area contributed by atoms with Crippen LogP contribution in [0.4, 0.5) is 5.69 Å². The fraction of sp³-hybridized carbons (Fsp3) is 0.300. The van der Waals surface area contributed by atoms with Gasteiger partial charge in [0, 0.05) is 6.07 Å². The molecule has 5 nitrogen and oxygen atoms in total. The lowest BCUT2D eigenvalue weighted by Gasteiger charge is -2.01. The van der Waals surface area contributed by atoms with Crippen molar-refractivity contribution in [2.24, 2.45) is 0 Å². The first-order valence-corrected chi connectivity index (χ1v) is 4.46. The first kappa shape index (κ1) is 13.1. The van der Waals surface area contributed by atoms with Crippen LogP contribution < -0.4 is 4.74 Å². The van der Waals surface area contributed by atoms with Crippen LogP contribution in [0.5, 0.6) is 5.75 Å². The minimum absolute atomic E-state index is 0.0950. The molecule has 0 radical (unpaired) electrons. The van der Waals surface area contributed by atoms with Gasteiger partial charge in [-0.15, -0.1) is 0 Å². The van der Waals surface area contributed by atoms with Gasteiger partial charge in [0.2, 0.25) is 0 Å². The summed E-state index contributed by atoms with van der Waals surface area (Å²) in [5.74, 6) is 0.212. The van der Waals surface area contributed by atoms with Gasteiger partial charge in [-0.25, -0.2) is 0 Å². The molecule has 1 rings (SSSR count). The molecule has 0 unspecified atom stereocenters. The van der Waals surface area contributed by atoms with Crippen molar-refractivity contribution in [3.63, 3.8) is 0 Å². The normalized spacial score (nSPS) is 8.47. The second-order valence-electron chi connectivity index (χ2n) is 2.30. The highest BCUT2D eigenvalue weighted by molar-refractivity contribution is 5.80. The standard InChI is InChI=1S/C8H7NO4.C2H6/c1-13-8-4-7(9(11)12)3-2-6(8)5-10;1-2/h2-5H,1H3;1-2H3. The lowest BCUT2D eigenvalue weighted by Crippen LogP contribution is -1.93. The van der Waals surface area contributed by atoms with Crippen LogP contribution in [0.1, 0.15) is 24.2 Å². The molecular formula is C10H13NO4. The Kier molecular flexibility index (Phi) is 5.70. The number of methoxy groups -OCH3 is 1. The van der Waals surface area contributed by atoms with Crippen LogP contribution in [0, 0.1) is 10.1 Å². The highest BCUT2D eigenvalue weighted by Gasteiger charge is 2.09. The first-order chi connectivity index (χ1) is 7.19. The summed E-state index contributed by atoms with van der Waals surface area (Å²) >= 11 is 0. The number of nitrogens with zero attached hydrogens (tertiary/aromatic N) is 1. The lowest BCUT2D eigenvalue weighted by molar-refractivity contribution is -0.384. The van der Waals surface area contributed by atoms with Crippen LogP contribution in [0.25, 0.3) is 0 Å². The largest absolute Gasteiger partial charge is 0.496 e. The molecule has 0 saturated carbocycles. The summed E-state index contributed by atoms with van der Waals surface area (Å²) in [6, 6.07) is 3.82. The molecule has 0 aliphatic rings. The summed E-state index contributed by atoms with van der Waals surface area (Å²) < 4.78 is 4.79. The Morgan fingerprint density at radius 1 is 1.40 bits per heavy atom. The van der Waals surface area contributed by atoms with Gasteiger partial charge in [0.15, 0.2) is 6.29 Å². The van der Waals surface area contributed by atoms with Gasteiger partial charge in [0.1, 0.15) is 5.75 Å². The Morgan fingerprint density at radius 3 is 2.40 bits per heavy atom. The van der Waals surface area contributed by atoms with Gasteiger partial charge in [-0.05, 0) is 6.07 Å². The monoisotopic (exact) mass is 211 g/mol. The average molecular weight is 211 g/mol. The van der Waals surface area contributed by atoms with Crippen LogP contribution in [0.15, 0.2) is 18.2 Å². The van der Waals surface area contributed by atoms with Crippen LogP contribution in [0.3, 0.4) is 0 Å². The molecule has 0 N–H and O–H groups in total. The molecule has 0 bridgehead atoms. The van der Waals surface area contributed by atoms with Crippen LogP contribution in [0.2, 0.25) is 0 Å². The summed E-state index contributed by atoms with van der Waals surface area (Å²) in [6.45, 7) is 4.00. The number of non-ortho nitro benzene ring substituents is 1. The van der Waals surface area contributed by atoms with E-state index in [1.54, 1.807) is 0 Å². The van der Waals surface area contributed by atoms with Crippen molar-refractivity contribution in [3.05, 3.63) is 33.9 Å². The molecule has 0 amide bonds. The van der Waals surface area contributed by atoms with E-state index in [1.165, 1.54) is 25.3 Å². The third-order valence-corrected chi connectivity index (χ3v) is 1.55. The van der Waals surface area contributed by atoms with Gasteiger partial charge in [-0.2, -0.15) is 0 Å². The summed E-state index contributed by atoms with van der Waals surface area (Å²) in [6.07, 6.45) is 0.586. The Morgan fingerprint density at radius 2 is 2.00 bits per heavy atom. The van der Waals surface area contributed by atoms with Crippen molar-refractivity contribution in [1.29, 1.82) is 0 Å². The number of hydrogen-bond acceptors (Lipinski definition) is 4. The number of rotatable bonds is 3. The number of nitro benzene ring substituents is 1. The van der Waals surface area contributed by atoms with Crippen molar-refractivity contribution < 1.29 is 14.5 Å². The smallest absolute Gasteiger partial charge is 0.273 e. The molecule has 0 atom stereocenters. The molecule has 0 saturated heterocycles. The summed E-state index contributed by atoms with van der Waals surface area (Å²) in [5, 5.41) is 10.3. The van der Waals surface area contributed by atoms with E-state index >= 15 is 0 Å². The highest BCUT2D eigenvalue weighted by atomic mass is 16.6. The molecule has 0 aliphatic heterocycles. The minimum Gasteiger partial charge on any atom is -0.496 e. The maximum absolute atomic E-state index is 10.4. The topological polar surface area (TPSA) is 69.4 Å². The highest BCUT2D eigenvalue weighted by Crippen LogP contribution is 2.22. The molecule has 0 spiro atoms. The zero-order valence-corrected chi connectivity index (χ0v) is 8.89. The Balaban J connectivity index is 0.000000921. The third kappa shape index (κ3) is 3.38. The minimum atomic E-state index is -0.545. The molecule has 82 valence electrons. The Hall–Kier alpha value is -1.91. The molecule has 1 aromatic carbocycles. The summed E-state index contributed by atoms with van der Waals surface area (Å²) in [5.41, 5.74) is 0.204. The van der Waals surface area contributed by atoms with Gasteiger partial charge in [-0.1, -0.05) is 13.8 Å². The molecule has 0 aromatic heterocycles. The predicted molar refractivity (Wildman–Crippen MR) is 56.4 cm³/mol. The summed E-state index contributed by atoms with van der Waals surface area (Å²) in [7, 11) is 1.35. The van der Waals surface area contributed by atoms with E-state index in [2.05, 4.69) is 0 Å². The fourth-order valence-electron chi connectivity index (χ4n) is 0.911. The molecular weight excluding hydrogens is 198 g/mol. The van der Waals surface area contributed by atoms with Gasteiger partial charge in [0.25, 0.3) is 5.69 Å². The Bertz CT molecular complexity index is 349.